The van der Waals surface area contributed by atoms with E-state index in [1.807, 2.05) is 11.8 Å². The van der Waals surface area contributed by atoms with Crippen LogP contribution in [-0.4, -0.2) is 11.8 Å². The zero-order chi connectivity index (χ0) is 13.7. The molecule has 0 heterocycles. The van der Waals surface area contributed by atoms with Gasteiger partial charge in [-0.25, -0.2) is 0 Å². The first-order chi connectivity index (χ1) is 9.19. The first kappa shape index (κ1) is 15.4. The van der Waals surface area contributed by atoms with Gasteiger partial charge in [0, 0.05) is 21.2 Å². The van der Waals surface area contributed by atoms with Gasteiger partial charge in [-0.2, -0.15) is 0 Å². The Morgan fingerprint density at radius 3 is 2.74 bits per heavy atom. The fourth-order valence-corrected chi connectivity index (χ4v) is 4.42. The van der Waals surface area contributed by atoms with E-state index in [0.29, 0.717) is 0 Å². The van der Waals surface area contributed by atoms with Crippen molar-refractivity contribution in [2.24, 2.45) is 11.7 Å². The van der Waals surface area contributed by atoms with Crippen LogP contribution in [-0.2, 0) is 6.42 Å². The van der Waals surface area contributed by atoms with Crippen LogP contribution in [0.4, 0.5) is 0 Å². The smallest absolute Gasteiger partial charge is 0.0219 e. The summed E-state index contributed by atoms with van der Waals surface area (Å²) in [5.41, 5.74) is 7.36. The minimum Gasteiger partial charge on any atom is -0.327 e. The van der Waals surface area contributed by atoms with E-state index in [1.54, 1.807) is 0 Å². The first-order valence-corrected chi connectivity index (χ1v) is 9.13. The predicted octanol–water partition coefficient (Wildman–Crippen LogP) is 5.01. The molecule has 3 heteroatoms. The molecular weight excluding hydrogens is 318 g/mol. The van der Waals surface area contributed by atoms with Gasteiger partial charge in [-0.3, -0.25) is 0 Å². The Bertz CT molecular complexity index is 402. The maximum Gasteiger partial charge on any atom is 0.0219 e. The molecule has 1 unspecified atom stereocenters. The largest absolute Gasteiger partial charge is 0.327 e. The molecule has 1 atom stereocenters. The SMILES string of the molecule is CCC(N)Cc1ccc(SCC2CCCC2)cc1Br. The highest BCUT2D eigenvalue weighted by Crippen LogP contribution is 2.32. The summed E-state index contributed by atoms with van der Waals surface area (Å²) in [5, 5.41) is 0. The van der Waals surface area contributed by atoms with E-state index < -0.39 is 0 Å². The fraction of sp³-hybridized carbons (Fsp3) is 0.625. The molecule has 0 spiro atoms. The van der Waals surface area contributed by atoms with Crippen molar-refractivity contribution < 1.29 is 0 Å². The van der Waals surface area contributed by atoms with Gasteiger partial charge in [0.05, 0.1) is 0 Å². The lowest BCUT2D eigenvalue weighted by atomic mass is 10.1. The third kappa shape index (κ3) is 4.80. The number of thioether (sulfide) groups is 1. The highest BCUT2D eigenvalue weighted by molar-refractivity contribution is 9.10. The van der Waals surface area contributed by atoms with Crippen LogP contribution in [0.3, 0.4) is 0 Å². The Balaban J connectivity index is 1.90. The van der Waals surface area contributed by atoms with E-state index in [9.17, 15) is 0 Å². The quantitative estimate of drug-likeness (QED) is 0.735. The molecule has 1 aromatic carbocycles. The van der Waals surface area contributed by atoms with Crippen molar-refractivity contribution in [1.29, 1.82) is 0 Å². The summed E-state index contributed by atoms with van der Waals surface area (Å²) >= 11 is 5.69. The zero-order valence-electron chi connectivity index (χ0n) is 11.7. The van der Waals surface area contributed by atoms with Gasteiger partial charge in [0.25, 0.3) is 0 Å². The van der Waals surface area contributed by atoms with Gasteiger partial charge in [0.15, 0.2) is 0 Å². The number of rotatable bonds is 6. The molecule has 19 heavy (non-hydrogen) atoms. The molecule has 0 amide bonds. The van der Waals surface area contributed by atoms with Crippen molar-refractivity contribution in [3.63, 3.8) is 0 Å². The van der Waals surface area contributed by atoms with Gasteiger partial charge in [-0.15, -0.1) is 11.8 Å². The third-order valence-corrected chi connectivity index (χ3v) is 5.96. The molecule has 2 rings (SSSR count). The predicted molar refractivity (Wildman–Crippen MR) is 88.8 cm³/mol. The molecule has 0 radical (unpaired) electrons. The fourth-order valence-electron chi connectivity index (χ4n) is 2.60. The minimum absolute atomic E-state index is 0.272. The lowest BCUT2D eigenvalue weighted by Gasteiger charge is -2.12. The van der Waals surface area contributed by atoms with Gasteiger partial charge in [-0.1, -0.05) is 41.8 Å². The van der Waals surface area contributed by atoms with Gasteiger partial charge < -0.3 is 5.73 Å². The number of hydrogen-bond donors (Lipinski definition) is 1. The molecule has 0 aromatic heterocycles. The van der Waals surface area contributed by atoms with Crippen LogP contribution in [0.1, 0.15) is 44.6 Å². The lowest BCUT2D eigenvalue weighted by molar-refractivity contribution is 0.623. The summed E-state index contributed by atoms with van der Waals surface area (Å²) in [7, 11) is 0. The highest BCUT2D eigenvalue weighted by Gasteiger charge is 2.15. The van der Waals surface area contributed by atoms with E-state index in [2.05, 4.69) is 41.1 Å². The Hall–Kier alpha value is 0.01000. The first-order valence-electron chi connectivity index (χ1n) is 7.36. The van der Waals surface area contributed by atoms with E-state index in [1.165, 1.54) is 46.4 Å². The Morgan fingerprint density at radius 2 is 2.11 bits per heavy atom. The molecule has 1 saturated carbocycles. The number of nitrogens with two attached hydrogens (primary N) is 1. The Morgan fingerprint density at radius 1 is 1.37 bits per heavy atom. The minimum atomic E-state index is 0.272. The van der Waals surface area contributed by atoms with Gasteiger partial charge in [-0.05, 0) is 49.3 Å². The number of halogens is 1. The molecule has 1 nitrogen and oxygen atoms in total. The van der Waals surface area contributed by atoms with Crippen LogP contribution in [0.25, 0.3) is 0 Å². The Labute approximate surface area is 129 Å². The second kappa shape index (κ2) is 7.70. The third-order valence-electron chi connectivity index (χ3n) is 3.99. The van der Waals surface area contributed by atoms with Crippen LogP contribution in [0.2, 0.25) is 0 Å². The molecular formula is C16H24BrNS. The van der Waals surface area contributed by atoms with E-state index in [4.69, 9.17) is 5.73 Å². The number of hydrogen-bond acceptors (Lipinski definition) is 2. The maximum absolute atomic E-state index is 6.03. The maximum atomic E-state index is 6.03. The van der Waals surface area contributed by atoms with Gasteiger partial charge in [0.2, 0.25) is 0 Å². The molecule has 0 saturated heterocycles. The van der Waals surface area contributed by atoms with Gasteiger partial charge in [0.1, 0.15) is 0 Å². The van der Waals surface area contributed by atoms with E-state index in [-0.39, 0.29) is 6.04 Å². The molecule has 1 aliphatic rings. The average molecular weight is 342 g/mol. The molecule has 1 aromatic rings. The second-order valence-corrected chi connectivity index (χ2v) is 7.53. The van der Waals surface area contributed by atoms with Crippen molar-refractivity contribution >= 4 is 27.7 Å². The van der Waals surface area contributed by atoms with Crippen LogP contribution in [0, 0.1) is 5.92 Å². The molecule has 1 fully saturated rings. The van der Waals surface area contributed by atoms with Crippen molar-refractivity contribution in [1.82, 2.24) is 0 Å². The van der Waals surface area contributed by atoms with Crippen molar-refractivity contribution in [3.8, 4) is 0 Å². The molecule has 1 aliphatic carbocycles. The highest BCUT2D eigenvalue weighted by atomic mass is 79.9. The van der Waals surface area contributed by atoms with Crippen molar-refractivity contribution in [2.45, 2.75) is 56.4 Å². The summed E-state index contributed by atoms with van der Waals surface area (Å²) in [6, 6.07) is 7.02. The summed E-state index contributed by atoms with van der Waals surface area (Å²) in [6.07, 6.45) is 7.72. The van der Waals surface area contributed by atoms with E-state index in [0.717, 1.165) is 18.8 Å². The zero-order valence-corrected chi connectivity index (χ0v) is 14.1. The topological polar surface area (TPSA) is 26.0 Å². The molecule has 106 valence electrons. The lowest BCUT2D eigenvalue weighted by Crippen LogP contribution is -2.21. The van der Waals surface area contributed by atoms with Crippen LogP contribution in [0.15, 0.2) is 27.6 Å². The second-order valence-electron chi connectivity index (χ2n) is 5.59. The number of benzene rings is 1. The van der Waals surface area contributed by atoms with Crippen LogP contribution >= 0.6 is 27.7 Å². The standard InChI is InChI=1S/C16H24BrNS/c1-2-14(18)9-13-7-8-15(10-16(13)17)19-11-12-5-3-4-6-12/h7-8,10,12,14H,2-6,9,11,18H2,1H3. The van der Waals surface area contributed by atoms with Gasteiger partial charge >= 0.3 is 0 Å². The summed E-state index contributed by atoms with van der Waals surface area (Å²) in [6.45, 7) is 2.14. The van der Waals surface area contributed by atoms with Crippen LogP contribution < -0.4 is 5.73 Å². The summed E-state index contributed by atoms with van der Waals surface area (Å²) < 4.78 is 1.22. The monoisotopic (exact) mass is 341 g/mol. The van der Waals surface area contributed by atoms with Crippen LogP contribution in [0.5, 0.6) is 0 Å². The summed E-state index contributed by atoms with van der Waals surface area (Å²) in [5.74, 6) is 2.22. The van der Waals surface area contributed by atoms with Crippen molar-refractivity contribution in [3.05, 3.63) is 28.2 Å². The van der Waals surface area contributed by atoms with E-state index >= 15 is 0 Å². The molecule has 2 N–H and O–H groups in total. The molecule has 0 aliphatic heterocycles. The molecule has 0 bridgehead atoms. The normalized spacial score (nSPS) is 17.8. The average Bonchev–Trinajstić information content (AvgIpc) is 2.92. The Kier molecular flexibility index (Phi) is 6.24. The summed E-state index contributed by atoms with van der Waals surface area (Å²) in [4.78, 5) is 1.38. The van der Waals surface area contributed by atoms with Crippen molar-refractivity contribution in [2.75, 3.05) is 5.75 Å².